The molecule has 136 valence electrons. The van der Waals surface area contributed by atoms with E-state index in [1.54, 1.807) is 24.3 Å². The van der Waals surface area contributed by atoms with Crippen LogP contribution >= 0.6 is 0 Å². The summed E-state index contributed by atoms with van der Waals surface area (Å²) in [6.07, 6.45) is 1.22. The Balaban J connectivity index is 1.67. The van der Waals surface area contributed by atoms with E-state index in [4.69, 9.17) is 4.74 Å². The predicted octanol–water partition coefficient (Wildman–Crippen LogP) is 2.64. The summed E-state index contributed by atoms with van der Waals surface area (Å²) in [4.78, 5) is 24.1. The van der Waals surface area contributed by atoms with Crippen LogP contribution in [0.4, 0.5) is 5.69 Å². The van der Waals surface area contributed by atoms with Crippen LogP contribution in [0.1, 0.15) is 5.56 Å². The molecule has 0 saturated carbocycles. The van der Waals surface area contributed by atoms with E-state index >= 15 is 0 Å². The first-order valence-corrected chi connectivity index (χ1v) is 8.07. The van der Waals surface area contributed by atoms with Crippen LogP contribution in [0.5, 0.6) is 11.5 Å². The van der Waals surface area contributed by atoms with Crippen LogP contribution in [-0.4, -0.2) is 30.2 Å². The molecule has 3 N–H and O–H groups in total. The number of phenols is 1. The van der Waals surface area contributed by atoms with Gasteiger partial charge in [-0.05, 0) is 29.7 Å². The number of hydrogen-bond donors (Lipinski definition) is 3. The summed E-state index contributed by atoms with van der Waals surface area (Å²) in [5.41, 5.74) is 3.00. The van der Waals surface area contributed by atoms with Gasteiger partial charge >= 0.3 is 11.8 Å². The second-order valence-electron chi connectivity index (χ2n) is 5.60. The van der Waals surface area contributed by atoms with Crippen LogP contribution in [0.3, 0.4) is 0 Å². The summed E-state index contributed by atoms with van der Waals surface area (Å²) in [5, 5.41) is 17.8. The zero-order chi connectivity index (χ0) is 19.2. The van der Waals surface area contributed by atoms with E-state index in [0.29, 0.717) is 17.0 Å². The molecule has 0 aliphatic heterocycles. The molecule has 7 nitrogen and oxygen atoms in total. The summed E-state index contributed by atoms with van der Waals surface area (Å²) >= 11 is 0. The fourth-order valence-corrected chi connectivity index (χ4v) is 2.49. The van der Waals surface area contributed by atoms with Gasteiger partial charge in [-0.15, -0.1) is 0 Å². The molecular formula is C20H17N3O4. The maximum atomic E-state index is 12.1. The largest absolute Gasteiger partial charge is 0.507 e. The molecule has 0 unspecified atom stereocenters. The van der Waals surface area contributed by atoms with Crippen molar-refractivity contribution in [2.75, 3.05) is 12.4 Å². The minimum atomic E-state index is -0.929. The molecule has 0 fully saturated rings. The molecule has 0 aliphatic carbocycles. The van der Waals surface area contributed by atoms with Gasteiger partial charge in [-0.1, -0.05) is 36.4 Å². The van der Waals surface area contributed by atoms with Crippen molar-refractivity contribution in [3.8, 4) is 11.5 Å². The summed E-state index contributed by atoms with van der Waals surface area (Å²) in [6, 6.07) is 17.5. The number of aromatic hydroxyl groups is 1. The maximum absolute atomic E-state index is 12.1. The number of ether oxygens (including phenoxy) is 1. The van der Waals surface area contributed by atoms with E-state index in [0.717, 1.165) is 10.8 Å². The summed E-state index contributed by atoms with van der Waals surface area (Å²) in [6.45, 7) is 0. The Kier molecular flexibility index (Phi) is 5.32. The molecule has 0 spiro atoms. The molecule has 3 aromatic carbocycles. The second-order valence-corrected chi connectivity index (χ2v) is 5.60. The second kappa shape index (κ2) is 8.01. The number of hydrazone groups is 1. The molecule has 0 aliphatic rings. The number of carbonyl (C=O) groups excluding carboxylic acids is 2. The van der Waals surface area contributed by atoms with Crippen molar-refractivity contribution in [1.29, 1.82) is 0 Å². The van der Waals surface area contributed by atoms with Gasteiger partial charge in [0, 0.05) is 16.6 Å². The fraction of sp³-hybridized carbons (Fsp3) is 0.0500. The van der Waals surface area contributed by atoms with Gasteiger partial charge in [0.2, 0.25) is 0 Å². The Morgan fingerprint density at radius 1 is 1.04 bits per heavy atom. The van der Waals surface area contributed by atoms with E-state index < -0.39 is 11.8 Å². The SMILES string of the molecule is COc1ccc(O)c(/C=N/NC(=O)C(=O)Nc2cccc3ccccc23)c1. The van der Waals surface area contributed by atoms with E-state index in [1.165, 1.54) is 19.4 Å². The van der Waals surface area contributed by atoms with Gasteiger partial charge in [0.05, 0.1) is 13.3 Å². The number of carbonyl (C=O) groups is 2. The normalized spacial score (nSPS) is 10.7. The highest BCUT2D eigenvalue weighted by atomic mass is 16.5. The molecule has 0 bridgehead atoms. The molecule has 0 saturated heterocycles. The summed E-state index contributed by atoms with van der Waals surface area (Å²) in [7, 11) is 1.49. The fourth-order valence-electron chi connectivity index (χ4n) is 2.49. The molecule has 0 heterocycles. The molecule has 0 radical (unpaired) electrons. The smallest absolute Gasteiger partial charge is 0.329 e. The highest BCUT2D eigenvalue weighted by Crippen LogP contribution is 2.23. The number of phenolic OH excluding ortho intramolecular Hbond substituents is 1. The lowest BCUT2D eigenvalue weighted by molar-refractivity contribution is -0.136. The van der Waals surface area contributed by atoms with Crippen LogP contribution in [0, 0.1) is 0 Å². The first kappa shape index (κ1) is 17.9. The zero-order valence-electron chi connectivity index (χ0n) is 14.5. The quantitative estimate of drug-likeness (QED) is 0.377. The average molecular weight is 363 g/mol. The van der Waals surface area contributed by atoms with E-state index in [-0.39, 0.29) is 5.75 Å². The predicted molar refractivity (Wildman–Crippen MR) is 103 cm³/mol. The third kappa shape index (κ3) is 4.21. The van der Waals surface area contributed by atoms with Crippen LogP contribution < -0.4 is 15.5 Å². The van der Waals surface area contributed by atoms with Crippen molar-refractivity contribution in [2.24, 2.45) is 5.10 Å². The number of nitrogens with zero attached hydrogens (tertiary/aromatic N) is 1. The molecule has 7 heteroatoms. The van der Waals surface area contributed by atoms with Crippen LogP contribution in [0.25, 0.3) is 10.8 Å². The Bertz CT molecular complexity index is 1030. The van der Waals surface area contributed by atoms with E-state index in [9.17, 15) is 14.7 Å². The van der Waals surface area contributed by atoms with Gasteiger partial charge in [0.1, 0.15) is 11.5 Å². The monoisotopic (exact) mass is 363 g/mol. The number of fused-ring (bicyclic) bond motifs is 1. The van der Waals surface area contributed by atoms with Gasteiger partial charge in [-0.2, -0.15) is 5.10 Å². The van der Waals surface area contributed by atoms with Gasteiger partial charge in [-0.25, -0.2) is 5.43 Å². The third-order valence-corrected chi connectivity index (χ3v) is 3.85. The number of hydrogen-bond acceptors (Lipinski definition) is 5. The lowest BCUT2D eigenvalue weighted by Crippen LogP contribution is -2.32. The maximum Gasteiger partial charge on any atom is 0.329 e. The van der Waals surface area contributed by atoms with E-state index in [2.05, 4.69) is 15.8 Å². The Labute approximate surface area is 155 Å². The first-order chi connectivity index (χ1) is 13.1. The van der Waals surface area contributed by atoms with Crippen molar-refractivity contribution < 1.29 is 19.4 Å². The van der Waals surface area contributed by atoms with Gasteiger partial charge in [0.15, 0.2) is 0 Å². The van der Waals surface area contributed by atoms with Crippen molar-refractivity contribution in [3.63, 3.8) is 0 Å². The van der Waals surface area contributed by atoms with Crippen LogP contribution in [0.15, 0.2) is 65.8 Å². The first-order valence-electron chi connectivity index (χ1n) is 8.07. The number of amides is 2. The zero-order valence-corrected chi connectivity index (χ0v) is 14.5. The van der Waals surface area contributed by atoms with Crippen molar-refractivity contribution in [1.82, 2.24) is 5.43 Å². The van der Waals surface area contributed by atoms with Crippen molar-refractivity contribution in [3.05, 3.63) is 66.2 Å². The Morgan fingerprint density at radius 3 is 2.63 bits per heavy atom. The van der Waals surface area contributed by atoms with Crippen molar-refractivity contribution >= 4 is 34.5 Å². The van der Waals surface area contributed by atoms with Gasteiger partial charge in [-0.3, -0.25) is 9.59 Å². The minimum Gasteiger partial charge on any atom is -0.507 e. The summed E-state index contributed by atoms with van der Waals surface area (Å²) in [5.74, 6) is -1.29. The topological polar surface area (TPSA) is 100 Å². The molecule has 0 atom stereocenters. The number of rotatable bonds is 4. The van der Waals surface area contributed by atoms with E-state index in [1.807, 2.05) is 30.3 Å². The van der Waals surface area contributed by atoms with Crippen LogP contribution in [0.2, 0.25) is 0 Å². The molecule has 2 amide bonds. The lowest BCUT2D eigenvalue weighted by atomic mass is 10.1. The third-order valence-electron chi connectivity index (χ3n) is 3.85. The number of benzene rings is 3. The Hall–Kier alpha value is -3.87. The number of methoxy groups -OCH3 is 1. The minimum absolute atomic E-state index is 0.0333. The Morgan fingerprint density at radius 2 is 1.81 bits per heavy atom. The standard InChI is InChI=1S/C20H17N3O4/c1-27-15-9-10-18(24)14(11-15)12-21-23-20(26)19(25)22-17-8-4-6-13-5-2-3-7-16(13)17/h2-12,24H,1H3,(H,22,25)(H,23,26)/b21-12+. The molecule has 0 aromatic heterocycles. The molecule has 27 heavy (non-hydrogen) atoms. The number of anilines is 1. The van der Waals surface area contributed by atoms with Gasteiger partial charge < -0.3 is 15.2 Å². The van der Waals surface area contributed by atoms with Crippen molar-refractivity contribution in [2.45, 2.75) is 0 Å². The van der Waals surface area contributed by atoms with Gasteiger partial charge in [0.25, 0.3) is 0 Å². The number of nitrogens with one attached hydrogen (secondary N) is 2. The lowest BCUT2D eigenvalue weighted by Gasteiger charge is -2.07. The highest BCUT2D eigenvalue weighted by molar-refractivity contribution is 6.40. The average Bonchev–Trinajstić information content (AvgIpc) is 2.69. The highest BCUT2D eigenvalue weighted by Gasteiger charge is 2.14. The van der Waals surface area contributed by atoms with Crippen LogP contribution in [-0.2, 0) is 9.59 Å². The molecular weight excluding hydrogens is 346 g/mol. The molecule has 3 rings (SSSR count). The summed E-state index contributed by atoms with van der Waals surface area (Å²) < 4.78 is 5.05. The molecule has 3 aromatic rings.